The summed E-state index contributed by atoms with van der Waals surface area (Å²) < 4.78 is 52.2. The SMILES string of the molecule is CN(CCc1ccccn1)C[C@@H]1C[C@H](c2ccc(CO)cc2)O[C@H](c2ccc(-c3cccc(CNC(=O)[C@@H]4CCCN4C(=O)C(F)(F)F)c3)cc2)O1. The number of ether oxygens (including phenoxy) is 2. The summed E-state index contributed by atoms with van der Waals surface area (Å²) in [5.41, 5.74) is 6.33. The van der Waals surface area contributed by atoms with E-state index < -0.39 is 30.3 Å². The van der Waals surface area contributed by atoms with E-state index in [2.05, 4.69) is 22.2 Å². The third kappa shape index (κ3) is 9.43. The number of aromatic nitrogens is 1. The first-order chi connectivity index (χ1) is 25.1. The van der Waals surface area contributed by atoms with Crippen LogP contribution in [0.5, 0.6) is 0 Å². The van der Waals surface area contributed by atoms with E-state index in [4.69, 9.17) is 9.47 Å². The van der Waals surface area contributed by atoms with Gasteiger partial charge in [0.25, 0.3) is 0 Å². The summed E-state index contributed by atoms with van der Waals surface area (Å²) in [5, 5.41) is 12.3. The molecule has 0 saturated carbocycles. The normalized spacial score (nSPS) is 20.6. The zero-order valence-corrected chi connectivity index (χ0v) is 29.0. The quantitative estimate of drug-likeness (QED) is 0.182. The van der Waals surface area contributed by atoms with Gasteiger partial charge in [-0.15, -0.1) is 0 Å². The summed E-state index contributed by atoms with van der Waals surface area (Å²) in [4.78, 5) is 31.9. The number of likely N-dealkylation sites (N-methyl/N-ethyl adjacent to an activating group) is 1. The highest BCUT2D eigenvalue weighted by Gasteiger charge is 2.47. The number of carbonyl (C=O) groups is 2. The predicted octanol–water partition coefficient (Wildman–Crippen LogP) is 6.13. The Morgan fingerprint density at radius 2 is 1.71 bits per heavy atom. The van der Waals surface area contributed by atoms with Gasteiger partial charge in [0.1, 0.15) is 6.04 Å². The lowest BCUT2D eigenvalue weighted by molar-refractivity contribution is -0.252. The number of benzene rings is 3. The van der Waals surface area contributed by atoms with Crippen molar-refractivity contribution >= 4 is 11.8 Å². The highest BCUT2D eigenvalue weighted by atomic mass is 19.4. The van der Waals surface area contributed by atoms with Crippen molar-refractivity contribution < 1.29 is 37.3 Å². The molecule has 4 atom stereocenters. The van der Waals surface area contributed by atoms with Crippen LogP contribution in [0.2, 0.25) is 0 Å². The standard InChI is InChI=1S/C40H43F3N4O5/c1-46(21-18-33-8-2-3-19-44-33)25-34-23-36(30-12-10-27(26-48)11-13-30)52-38(51-34)31-16-14-29(15-17-31)32-7-4-6-28(22-32)24-45-37(49)35-9-5-20-47(35)39(50)40(41,42)43/h2-4,6-8,10-17,19,22,34-36,38,48H,5,9,18,20-21,23-26H2,1H3,(H,45,49)/t34-,35-,36+,38+/m0/s1. The van der Waals surface area contributed by atoms with Crippen LogP contribution in [0, 0.1) is 0 Å². The maximum Gasteiger partial charge on any atom is 0.471 e. The Morgan fingerprint density at radius 1 is 0.942 bits per heavy atom. The van der Waals surface area contributed by atoms with Gasteiger partial charge in [0.2, 0.25) is 5.91 Å². The van der Waals surface area contributed by atoms with Gasteiger partial charge in [-0.25, -0.2) is 0 Å². The lowest BCUT2D eigenvalue weighted by Crippen LogP contribution is -2.50. The van der Waals surface area contributed by atoms with Crippen molar-refractivity contribution in [2.45, 2.75) is 69.6 Å². The van der Waals surface area contributed by atoms with Crippen molar-refractivity contribution in [1.82, 2.24) is 20.1 Å². The summed E-state index contributed by atoms with van der Waals surface area (Å²) in [6.07, 6.45) is -2.12. The fourth-order valence-corrected chi connectivity index (χ4v) is 6.77. The van der Waals surface area contributed by atoms with E-state index >= 15 is 0 Å². The van der Waals surface area contributed by atoms with Crippen molar-refractivity contribution in [3.63, 3.8) is 0 Å². The molecule has 0 aliphatic carbocycles. The van der Waals surface area contributed by atoms with Crippen LogP contribution in [0.1, 0.15) is 59.6 Å². The summed E-state index contributed by atoms with van der Waals surface area (Å²) in [6.45, 7) is 1.51. The zero-order chi connectivity index (χ0) is 36.7. The van der Waals surface area contributed by atoms with Gasteiger partial charge >= 0.3 is 12.1 Å². The second-order valence-corrected chi connectivity index (χ2v) is 13.4. The van der Waals surface area contributed by atoms with Crippen LogP contribution in [0.15, 0.2) is 97.2 Å². The number of nitrogens with one attached hydrogen (secondary N) is 1. The van der Waals surface area contributed by atoms with Gasteiger partial charge in [-0.05, 0) is 65.9 Å². The molecule has 2 aliphatic heterocycles. The van der Waals surface area contributed by atoms with E-state index in [0.29, 0.717) is 24.3 Å². The summed E-state index contributed by atoms with van der Waals surface area (Å²) >= 11 is 0. The lowest BCUT2D eigenvalue weighted by Gasteiger charge is -2.38. The van der Waals surface area contributed by atoms with Crippen molar-refractivity contribution in [1.29, 1.82) is 0 Å². The van der Waals surface area contributed by atoms with Gasteiger partial charge in [-0.1, -0.05) is 72.8 Å². The van der Waals surface area contributed by atoms with Gasteiger partial charge in [0.05, 0.1) is 18.8 Å². The Hall–Kier alpha value is -4.62. The number of likely N-dealkylation sites (tertiary alicyclic amines) is 1. The highest BCUT2D eigenvalue weighted by molar-refractivity contribution is 5.90. The number of pyridine rings is 1. The topological polar surface area (TPSA) is 104 Å². The zero-order valence-electron chi connectivity index (χ0n) is 29.0. The fraction of sp³-hybridized carbons (Fsp3) is 0.375. The average molecular weight is 717 g/mol. The van der Waals surface area contributed by atoms with Crippen LogP contribution in [0.25, 0.3) is 11.1 Å². The number of aliphatic hydroxyl groups is 1. The van der Waals surface area contributed by atoms with Gasteiger partial charge < -0.3 is 29.7 Å². The predicted molar refractivity (Wildman–Crippen MR) is 188 cm³/mol. The Balaban J connectivity index is 1.11. The number of halogens is 3. The van der Waals surface area contributed by atoms with E-state index in [1.807, 2.05) is 91.0 Å². The van der Waals surface area contributed by atoms with E-state index in [0.717, 1.165) is 52.0 Å². The Bertz CT molecular complexity index is 1790. The van der Waals surface area contributed by atoms with Crippen LogP contribution >= 0.6 is 0 Å². The van der Waals surface area contributed by atoms with Crippen molar-refractivity contribution in [3.8, 4) is 11.1 Å². The van der Waals surface area contributed by atoms with Crippen molar-refractivity contribution in [3.05, 3.63) is 125 Å². The van der Waals surface area contributed by atoms with Crippen molar-refractivity contribution in [2.24, 2.45) is 0 Å². The molecule has 9 nitrogen and oxygen atoms in total. The molecule has 3 aromatic carbocycles. The molecular formula is C40H43F3N4O5. The number of nitrogens with zero attached hydrogens (tertiary/aromatic N) is 3. The molecule has 2 amide bonds. The van der Waals surface area contributed by atoms with E-state index in [-0.39, 0.29) is 38.3 Å². The van der Waals surface area contributed by atoms with Gasteiger partial charge in [0.15, 0.2) is 6.29 Å². The minimum atomic E-state index is -5.02. The van der Waals surface area contributed by atoms with Crippen LogP contribution in [0.3, 0.4) is 0 Å². The lowest BCUT2D eigenvalue weighted by atomic mass is 9.99. The molecule has 274 valence electrons. The monoisotopic (exact) mass is 716 g/mol. The van der Waals surface area contributed by atoms with Gasteiger partial charge in [-0.3, -0.25) is 14.6 Å². The molecular weight excluding hydrogens is 673 g/mol. The number of aliphatic hydroxyl groups excluding tert-OH is 1. The number of carbonyl (C=O) groups excluding carboxylic acids is 2. The molecule has 2 fully saturated rings. The molecule has 0 unspecified atom stereocenters. The molecule has 0 radical (unpaired) electrons. The summed E-state index contributed by atoms with van der Waals surface area (Å²) in [6, 6.07) is 28.0. The van der Waals surface area contributed by atoms with Crippen LogP contribution in [0.4, 0.5) is 13.2 Å². The Labute approximate surface area is 301 Å². The van der Waals surface area contributed by atoms with Crippen LogP contribution in [-0.2, 0) is 38.6 Å². The number of hydrogen-bond donors (Lipinski definition) is 2. The Kier molecular flexibility index (Phi) is 12.0. The fourth-order valence-electron chi connectivity index (χ4n) is 6.77. The number of amides is 2. The molecule has 2 saturated heterocycles. The number of hydrogen-bond acceptors (Lipinski definition) is 7. The first-order valence-corrected chi connectivity index (χ1v) is 17.5. The maximum atomic E-state index is 13.0. The van der Waals surface area contributed by atoms with Crippen LogP contribution in [-0.4, -0.2) is 76.7 Å². The first kappa shape index (κ1) is 37.1. The second kappa shape index (κ2) is 16.8. The second-order valence-electron chi connectivity index (χ2n) is 13.4. The molecule has 52 heavy (non-hydrogen) atoms. The summed E-state index contributed by atoms with van der Waals surface area (Å²) in [7, 11) is 2.08. The minimum Gasteiger partial charge on any atom is -0.392 e. The smallest absolute Gasteiger partial charge is 0.392 e. The molecule has 2 aliphatic rings. The van der Waals surface area contributed by atoms with E-state index in [9.17, 15) is 27.9 Å². The number of alkyl halides is 3. The highest BCUT2D eigenvalue weighted by Crippen LogP contribution is 2.38. The Morgan fingerprint density at radius 3 is 2.42 bits per heavy atom. The minimum absolute atomic E-state index is 0.0299. The molecule has 0 bridgehead atoms. The molecule has 1 aromatic heterocycles. The maximum absolute atomic E-state index is 13.0. The van der Waals surface area contributed by atoms with E-state index in [1.165, 1.54) is 0 Å². The van der Waals surface area contributed by atoms with E-state index in [1.54, 1.807) is 6.20 Å². The molecule has 12 heteroatoms. The summed E-state index contributed by atoms with van der Waals surface area (Å²) in [5.74, 6) is -2.58. The molecule has 3 heterocycles. The molecule has 6 rings (SSSR count). The first-order valence-electron chi connectivity index (χ1n) is 17.5. The number of rotatable bonds is 12. The van der Waals surface area contributed by atoms with Crippen molar-refractivity contribution in [2.75, 3.05) is 26.7 Å². The molecule has 2 N–H and O–H groups in total. The third-order valence-corrected chi connectivity index (χ3v) is 9.57. The largest absolute Gasteiger partial charge is 0.471 e. The van der Waals surface area contributed by atoms with Crippen LogP contribution < -0.4 is 5.32 Å². The molecule has 0 spiro atoms. The van der Waals surface area contributed by atoms with Gasteiger partial charge in [0, 0.05) is 56.5 Å². The molecule has 4 aromatic rings. The third-order valence-electron chi connectivity index (χ3n) is 9.57. The average Bonchev–Trinajstić information content (AvgIpc) is 3.66. The van der Waals surface area contributed by atoms with Gasteiger partial charge in [-0.2, -0.15) is 13.2 Å².